The molecule has 0 saturated heterocycles. The van der Waals surface area contributed by atoms with Gasteiger partial charge in [-0.05, 0) is 13.3 Å². The maximum Gasteiger partial charge on any atom is 0.147 e. The Hall–Kier alpha value is -0.850. The zero-order valence-electron chi connectivity index (χ0n) is 6.71. The molecule has 0 aromatic carbocycles. The number of ketones is 1. The molecule has 0 radical (unpaired) electrons. The fourth-order valence-electron chi connectivity index (χ4n) is 2.24. The highest BCUT2D eigenvalue weighted by atomic mass is 16.1. The van der Waals surface area contributed by atoms with Crippen LogP contribution in [0.15, 0.2) is 24.8 Å². The van der Waals surface area contributed by atoms with Crippen LogP contribution in [0.5, 0.6) is 0 Å². The molecule has 3 unspecified atom stereocenters. The van der Waals surface area contributed by atoms with Crippen molar-refractivity contribution >= 4 is 5.78 Å². The van der Waals surface area contributed by atoms with Crippen LogP contribution >= 0.6 is 0 Å². The molecule has 1 saturated carbocycles. The molecule has 0 aromatic heterocycles. The fourth-order valence-corrected chi connectivity index (χ4v) is 2.24. The highest BCUT2D eigenvalue weighted by Gasteiger charge is 2.56. The maximum atomic E-state index is 11.5. The van der Waals surface area contributed by atoms with E-state index in [2.05, 4.69) is 18.7 Å². The summed E-state index contributed by atoms with van der Waals surface area (Å²) in [4.78, 5) is 11.5. The van der Waals surface area contributed by atoms with Gasteiger partial charge in [0.1, 0.15) is 5.78 Å². The second-order valence-electron chi connectivity index (χ2n) is 3.65. The molecule has 0 heterocycles. The minimum Gasteiger partial charge on any atom is -0.298 e. The smallest absolute Gasteiger partial charge is 0.147 e. The number of hydrogen-bond acceptors (Lipinski definition) is 1. The first-order valence-corrected chi connectivity index (χ1v) is 4.04. The fraction of sp³-hybridized carbons (Fsp3) is 0.500. The first-order valence-electron chi connectivity index (χ1n) is 4.04. The van der Waals surface area contributed by atoms with Crippen LogP contribution in [-0.4, -0.2) is 5.78 Å². The Balaban J connectivity index is 2.33. The van der Waals surface area contributed by atoms with Crippen LogP contribution in [0, 0.1) is 17.3 Å². The molecule has 1 fully saturated rings. The van der Waals surface area contributed by atoms with Gasteiger partial charge in [-0.2, -0.15) is 0 Å². The molecule has 0 amide bonds. The van der Waals surface area contributed by atoms with Gasteiger partial charge in [0.15, 0.2) is 0 Å². The predicted molar refractivity (Wildman–Crippen MR) is 44.0 cm³/mol. The Morgan fingerprint density at radius 2 is 2.55 bits per heavy atom. The van der Waals surface area contributed by atoms with Gasteiger partial charge in [0.2, 0.25) is 0 Å². The summed E-state index contributed by atoms with van der Waals surface area (Å²) in [6.45, 7) is 5.70. The molecule has 2 rings (SSSR count). The van der Waals surface area contributed by atoms with E-state index in [0.29, 0.717) is 11.7 Å². The quantitative estimate of drug-likeness (QED) is 0.519. The summed E-state index contributed by atoms with van der Waals surface area (Å²) in [7, 11) is 0. The summed E-state index contributed by atoms with van der Waals surface area (Å²) in [5.74, 6) is 1.12. The topological polar surface area (TPSA) is 17.1 Å². The van der Waals surface area contributed by atoms with Crippen LogP contribution in [0.4, 0.5) is 0 Å². The van der Waals surface area contributed by atoms with Gasteiger partial charge in [0.05, 0.1) is 5.41 Å². The Bertz CT molecular complexity index is 252. The van der Waals surface area contributed by atoms with E-state index in [1.54, 1.807) is 6.08 Å². The molecule has 0 N–H and O–H groups in total. The Morgan fingerprint density at radius 1 is 1.82 bits per heavy atom. The van der Waals surface area contributed by atoms with Crippen LogP contribution in [-0.2, 0) is 4.79 Å². The number of Topliss-reactive ketones (excluding diaryl/α,β-unsaturated/α-hetero) is 1. The third kappa shape index (κ3) is 0.590. The van der Waals surface area contributed by atoms with Crippen molar-refractivity contribution in [2.45, 2.75) is 13.3 Å². The average Bonchev–Trinajstić information content (AvgIpc) is 2.48. The minimum atomic E-state index is -0.238. The Morgan fingerprint density at radius 3 is 3.18 bits per heavy atom. The summed E-state index contributed by atoms with van der Waals surface area (Å²) in [6, 6.07) is 0. The van der Waals surface area contributed by atoms with Gasteiger partial charge in [-0.25, -0.2) is 0 Å². The van der Waals surface area contributed by atoms with Gasteiger partial charge < -0.3 is 0 Å². The van der Waals surface area contributed by atoms with Gasteiger partial charge in [-0.15, -0.1) is 6.58 Å². The lowest BCUT2D eigenvalue weighted by Crippen LogP contribution is -2.52. The largest absolute Gasteiger partial charge is 0.298 e. The highest BCUT2D eigenvalue weighted by Crippen LogP contribution is 2.53. The molecule has 58 valence electrons. The Labute approximate surface area is 66.8 Å². The zero-order chi connectivity index (χ0) is 8.06. The highest BCUT2D eigenvalue weighted by molar-refractivity contribution is 5.96. The van der Waals surface area contributed by atoms with Crippen LogP contribution in [0.3, 0.4) is 0 Å². The molecule has 1 heteroatoms. The van der Waals surface area contributed by atoms with Gasteiger partial charge in [0, 0.05) is 11.8 Å². The number of carbonyl (C=O) groups is 1. The zero-order valence-corrected chi connectivity index (χ0v) is 6.71. The standard InChI is InChI=1S/C10H12O/c1-3-10(2)8-6-4-5-7(8)9(10)11/h3-4,6-8H,1,5H2,2H3. The lowest BCUT2D eigenvalue weighted by Gasteiger charge is -2.46. The van der Waals surface area contributed by atoms with Crippen LogP contribution < -0.4 is 0 Å². The summed E-state index contributed by atoms with van der Waals surface area (Å²) < 4.78 is 0. The second kappa shape index (κ2) is 1.84. The molecule has 0 aliphatic heterocycles. The number of fused-ring (bicyclic) bond motifs is 1. The van der Waals surface area contributed by atoms with Crippen molar-refractivity contribution in [1.29, 1.82) is 0 Å². The molecule has 0 spiro atoms. The predicted octanol–water partition coefficient (Wildman–Crippen LogP) is 1.95. The first-order chi connectivity index (χ1) is 5.20. The van der Waals surface area contributed by atoms with Crippen molar-refractivity contribution in [2.75, 3.05) is 0 Å². The van der Waals surface area contributed by atoms with Gasteiger partial charge in [-0.3, -0.25) is 4.79 Å². The van der Waals surface area contributed by atoms with Crippen LogP contribution in [0.2, 0.25) is 0 Å². The summed E-state index contributed by atoms with van der Waals surface area (Å²) in [5.41, 5.74) is -0.238. The summed E-state index contributed by atoms with van der Waals surface area (Å²) in [5, 5.41) is 0. The van der Waals surface area contributed by atoms with E-state index in [-0.39, 0.29) is 11.3 Å². The average molecular weight is 148 g/mol. The lowest BCUT2D eigenvalue weighted by atomic mass is 9.55. The lowest BCUT2D eigenvalue weighted by molar-refractivity contribution is -0.145. The minimum absolute atomic E-state index is 0.238. The third-order valence-corrected chi connectivity index (χ3v) is 3.15. The van der Waals surface area contributed by atoms with E-state index >= 15 is 0 Å². The molecular weight excluding hydrogens is 136 g/mol. The molecule has 2 aliphatic rings. The van der Waals surface area contributed by atoms with Crippen molar-refractivity contribution in [3.63, 3.8) is 0 Å². The van der Waals surface area contributed by atoms with E-state index in [4.69, 9.17) is 0 Å². The van der Waals surface area contributed by atoms with Crippen molar-refractivity contribution in [3.8, 4) is 0 Å². The molecule has 11 heavy (non-hydrogen) atoms. The molecular formula is C10H12O. The Kier molecular flexibility index (Phi) is 1.15. The van der Waals surface area contributed by atoms with Crippen molar-refractivity contribution in [3.05, 3.63) is 24.8 Å². The monoisotopic (exact) mass is 148 g/mol. The van der Waals surface area contributed by atoms with Crippen molar-refractivity contribution in [2.24, 2.45) is 17.3 Å². The second-order valence-corrected chi connectivity index (χ2v) is 3.65. The van der Waals surface area contributed by atoms with E-state index in [0.717, 1.165) is 6.42 Å². The maximum absolute atomic E-state index is 11.5. The number of rotatable bonds is 1. The SMILES string of the molecule is C=CC1(C)C(=O)C2CC=CC21. The van der Waals surface area contributed by atoms with Crippen molar-refractivity contribution in [1.82, 2.24) is 0 Å². The van der Waals surface area contributed by atoms with Crippen molar-refractivity contribution < 1.29 is 4.79 Å². The molecule has 3 atom stereocenters. The number of carbonyl (C=O) groups excluding carboxylic acids is 1. The molecule has 1 nitrogen and oxygen atoms in total. The summed E-state index contributed by atoms with van der Waals surface area (Å²) >= 11 is 0. The number of hydrogen-bond donors (Lipinski definition) is 0. The first kappa shape index (κ1) is 6.84. The normalized spacial score (nSPS) is 46.8. The van der Waals surface area contributed by atoms with E-state index in [1.165, 1.54) is 0 Å². The van der Waals surface area contributed by atoms with Gasteiger partial charge >= 0.3 is 0 Å². The van der Waals surface area contributed by atoms with Gasteiger partial charge in [0.25, 0.3) is 0 Å². The molecule has 0 bridgehead atoms. The summed E-state index contributed by atoms with van der Waals surface area (Å²) in [6.07, 6.45) is 7.02. The molecule has 2 aliphatic carbocycles. The molecule has 0 aromatic rings. The van der Waals surface area contributed by atoms with Gasteiger partial charge in [-0.1, -0.05) is 18.2 Å². The van der Waals surface area contributed by atoms with E-state index < -0.39 is 0 Å². The van der Waals surface area contributed by atoms with Crippen LogP contribution in [0.25, 0.3) is 0 Å². The number of allylic oxidation sites excluding steroid dienone is 3. The third-order valence-electron chi connectivity index (χ3n) is 3.15. The van der Waals surface area contributed by atoms with E-state index in [9.17, 15) is 4.79 Å². The van der Waals surface area contributed by atoms with E-state index in [1.807, 2.05) is 6.92 Å². The van der Waals surface area contributed by atoms with Crippen LogP contribution in [0.1, 0.15) is 13.3 Å².